The van der Waals surface area contributed by atoms with Crippen LogP contribution in [0.3, 0.4) is 0 Å². The van der Waals surface area contributed by atoms with E-state index in [-0.39, 0.29) is 11.2 Å². The number of anilines is 1. The van der Waals surface area contributed by atoms with E-state index in [4.69, 9.17) is 9.52 Å². The Hall–Kier alpha value is -2.34. The first-order valence-electron chi connectivity index (χ1n) is 7.21. The summed E-state index contributed by atoms with van der Waals surface area (Å²) in [7, 11) is 2.06. The standard InChI is InChI=1S/C16H18N2O4/c1-10-7-11-13(19)9-14(16(20)21)22-15(11)12(8-10)18-5-3-17(2)4-6-18/h7-9H,3-6H2,1-2H3,(H,20,21). The molecule has 0 atom stereocenters. The average Bonchev–Trinajstić information content (AvgIpc) is 2.48. The summed E-state index contributed by atoms with van der Waals surface area (Å²) in [4.78, 5) is 27.7. The lowest BCUT2D eigenvalue weighted by Gasteiger charge is -2.34. The molecule has 6 heteroatoms. The third-order valence-corrected chi connectivity index (χ3v) is 4.01. The molecule has 2 aromatic rings. The molecule has 116 valence electrons. The zero-order valence-corrected chi connectivity index (χ0v) is 12.6. The second-order valence-electron chi connectivity index (χ2n) is 5.73. The van der Waals surface area contributed by atoms with Gasteiger partial charge in [-0.05, 0) is 31.7 Å². The van der Waals surface area contributed by atoms with Crippen LogP contribution in [0.4, 0.5) is 5.69 Å². The molecule has 1 aromatic carbocycles. The molecule has 22 heavy (non-hydrogen) atoms. The number of rotatable bonds is 2. The van der Waals surface area contributed by atoms with Crippen LogP contribution in [0.15, 0.2) is 27.4 Å². The van der Waals surface area contributed by atoms with Gasteiger partial charge in [0.15, 0.2) is 11.0 Å². The number of carbonyl (C=O) groups is 1. The molecule has 0 unspecified atom stereocenters. The molecule has 0 amide bonds. The van der Waals surface area contributed by atoms with Gasteiger partial charge in [0, 0.05) is 32.2 Å². The first-order valence-corrected chi connectivity index (χ1v) is 7.21. The number of piperazine rings is 1. The van der Waals surface area contributed by atoms with E-state index in [0.29, 0.717) is 11.0 Å². The largest absolute Gasteiger partial charge is 0.475 e. The van der Waals surface area contributed by atoms with Crippen LogP contribution in [0.2, 0.25) is 0 Å². The van der Waals surface area contributed by atoms with Crippen molar-refractivity contribution in [2.75, 3.05) is 38.1 Å². The zero-order chi connectivity index (χ0) is 15.9. The third kappa shape index (κ3) is 2.57. The molecule has 0 radical (unpaired) electrons. The van der Waals surface area contributed by atoms with Gasteiger partial charge in [-0.25, -0.2) is 4.79 Å². The minimum Gasteiger partial charge on any atom is -0.475 e. The fraction of sp³-hybridized carbons (Fsp3) is 0.375. The van der Waals surface area contributed by atoms with Gasteiger partial charge >= 0.3 is 5.97 Å². The van der Waals surface area contributed by atoms with E-state index in [0.717, 1.165) is 43.5 Å². The van der Waals surface area contributed by atoms with Crippen molar-refractivity contribution in [1.29, 1.82) is 0 Å². The highest BCUT2D eigenvalue weighted by atomic mass is 16.4. The maximum absolute atomic E-state index is 12.2. The fourth-order valence-corrected chi connectivity index (χ4v) is 2.77. The smallest absolute Gasteiger partial charge is 0.371 e. The monoisotopic (exact) mass is 302 g/mol. The lowest BCUT2D eigenvalue weighted by atomic mass is 10.1. The van der Waals surface area contributed by atoms with E-state index in [1.807, 2.05) is 13.0 Å². The Labute approximate surface area is 127 Å². The predicted molar refractivity (Wildman–Crippen MR) is 83.9 cm³/mol. The first kappa shape index (κ1) is 14.6. The molecule has 1 aromatic heterocycles. The summed E-state index contributed by atoms with van der Waals surface area (Å²) >= 11 is 0. The third-order valence-electron chi connectivity index (χ3n) is 4.01. The maximum Gasteiger partial charge on any atom is 0.371 e. The van der Waals surface area contributed by atoms with Gasteiger partial charge in [0.05, 0.1) is 11.1 Å². The van der Waals surface area contributed by atoms with Crippen LogP contribution < -0.4 is 10.3 Å². The van der Waals surface area contributed by atoms with Gasteiger partial charge in [-0.1, -0.05) is 0 Å². The fourth-order valence-electron chi connectivity index (χ4n) is 2.77. The van der Waals surface area contributed by atoms with Gasteiger partial charge in [0.25, 0.3) is 0 Å². The number of nitrogens with zero attached hydrogens (tertiary/aromatic N) is 2. The van der Waals surface area contributed by atoms with Crippen LogP contribution in [0.25, 0.3) is 11.0 Å². The number of hydrogen-bond acceptors (Lipinski definition) is 5. The van der Waals surface area contributed by atoms with E-state index < -0.39 is 5.97 Å². The van der Waals surface area contributed by atoms with Crippen molar-refractivity contribution >= 4 is 22.6 Å². The van der Waals surface area contributed by atoms with Gasteiger partial charge in [-0.3, -0.25) is 4.79 Å². The molecule has 0 saturated carbocycles. The van der Waals surface area contributed by atoms with Crippen LogP contribution >= 0.6 is 0 Å². The van der Waals surface area contributed by atoms with E-state index >= 15 is 0 Å². The van der Waals surface area contributed by atoms with Crippen LogP contribution in [0.1, 0.15) is 16.1 Å². The summed E-state index contributed by atoms with van der Waals surface area (Å²) in [6, 6.07) is 4.73. The number of carboxylic acid groups (broad SMARTS) is 1. The summed E-state index contributed by atoms with van der Waals surface area (Å²) in [6.07, 6.45) is 0. The summed E-state index contributed by atoms with van der Waals surface area (Å²) in [5.74, 6) is -1.55. The van der Waals surface area contributed by atoms with Crippen molar-refractivity contribution in [1.82, 2.24) is 4.90 Å². The molecule has 3 rings (SSSR count). The van der Waals surface area contributed by atoms with E-state index in [9.17, 15) is 9.59 Å². The van der Waals surface area contributed by atoms with Gasteiger partial charge in [0.1, 0.15) is 0 Å². The average molecular weight is 302 g/mol. The van der Waals surface area contributed by atoms with Crippen LogP contribution in [0, 0.1) is 6.92 Å². The van der Waals surface area contributed by atoms with Crippen molar-refractivity contribution in [2.24, 2.45) is 0 Å². The van der Waals surface area contributed by atoms with Crippen molar-refractivity contribution in [3.8, 4) is 0 Å². The highest BCUT2D eigenvalue weighted by molar-refractivity contribution is 5.93. The minimum atomic E-state index is -1.23. The van der Waals surface area contributed by atoms with Gasteiger partial charge in [-0.15, -0.1) is 0 Å². The molecule has 1 saturated heterocycles. The number of fused-ring (bicyclic) bond motifs is 1. The Bertz CT molecular complexity index is 789. The topological polar surface area (TPSA) is 74.0 Å². The maximum atomic E-state index is 12.2. The molecule has 1 aliphatic heterocycles. The highest BCUT2D eigenvalue weighted by Crippen LogP contribution is 2.28. The SMILES string of the molecule is Cc1cc(N2CCN(C)CC2)c2oc(C(=O)O)cc(=O)c2c1. The van der Waals surface area contributed by atoms with Crippen LogP contribution in [-0.2, 0) is 0 Å². The molecule has 6 nitrogen and oxygen atoms in total. The summed E-state index contributed by atoms with van der Waals surface area (Å²) in [6.45, 7) is 5.38. The van der Waals surface area contributed by atoms with E-state index in [2.05, 4.69) is 16.8 Å². The molecule has 1 fully saturated rings. The Morgan fingerprint density at radius 1 is 1.18 bits per heavy atom. The Morgan fingerprint density at radius 3 is 2.50 bits per heavy atom. The summed E-state index contributed by atoms with van der Waals surface area (Å²) in [5.41, 5.74) is 1.79. The Morgan fingerprint density at radius 2 is 1.86 bits per heavy atom. The number of benzene rings is 1. The second-order valence-corrected chi connectivity index (χ2v) is 5.73. The van der Waals surface area contributed by atoms with Gasteiger partial charge in [0.2, 0.25) is 5.76 Å². The number of likely N-dealkylation sites (N-methyl/N-ethyl adjacent to an activating group) is 1. The normalized spacial score (nSPS) is 16.2. The molecule has 1 aliphatic rings. The molecule has 1 N–H and O–H groups in total. The molecule has 0 bridgehead atoms. The second kappa shape index (κ2) is 5.46. The van der Waals surface area contributed by atoms with Crippen molar-refractivity contribution in [2.45, 2.75) is 6.92 Å². The van der Waals surface area contributed by atoms with Crippen molar-refractivity contribution in [3.05, 3.63) is 39.7 Å². The highest BCUT2D eigenvalue weighted by Gasteiger charge is 2.20. The molecule has 0 spiro atoms. The van der Waals surface area contributed by atoms with Gasteiger partial charge in [-0.2, -0.15) is 0 Å². The summed E-state index contributed by atoms with van der Waals surface area (Å²) in [5, 5.41) is 9.54. The predicted octanol–water partition coefficient (Wildman–Crippen LogP) is 1.55. The molecule has 2 heterocycles. The van der Waals surface area contributed by atoms with Gasteiger partial charge < -0.3 is 19.3 Å². The Kier molecular flexibility index (Phi) is 3.62. The molecular formula is C16H18N2O4. The number of hydrogen-bond donors (Lipinski definition) is 1. The number of aromatic carboxylic acids is 1. The Balaban J connectivity index is 2.20. The quantitative estimate of drug-likeness (QED) is 0.907. The van der Waals surface area contributed by atoms with Crippen LogP contribution in [-0.4, -0.2) is 49.2 Å². The lowest BCUT2D eigenvalue weighted by molar-refractivity contribution is 0.0663. The van der Waals surface area contributed by atoms with Crippen molar-refractivity contribution < 1.29 is 14.3 Å². The summed E-state index contributed by atoms with van der Waals surface area (Å²) < 4.78 is 5.52. The number of carboxylic acids is 1. The van der Waals surface area contributed by atoms with Crippen LogP contribution in [0.5, 0.6) is 0 Å². The first-order chi connectivity index (χ1) is 10.5. The number of aryl methyl sites for hydroxylation is 1. The van der Waals surface area contributed by atoms with Crippen molar-refractivity contribution in [3.63, 3.8) is 0 Å². The van der Waals surface area contributed by atoms with E-state index in [1.54, 1.807) is 6.07 Å². The zero-order valence-electron chi connectivity index (χ0n) is 12.6. The molecule has 0 aliphatic carbocycles. The molecular weight excluding hydrogens is 284 g/mol. The van der Waals surface area contributed by atoms with E-state index in [1.165, 1.54) is 0 Å². The minimum absolute atomic E-state index is 0.322. The lowest BCUT2D eigenvalue weighted by Crippen LogP contribution is -2.44.